The molecule has 0 atom stereocenters. The Morgan fingerprint density at radius 2 is 1.94 bits per heavy atom. The third-order valence-electron chi connectivity index (χ3n) is 2.79. The maximum Gasteiger partial charge on any atom is 0.226 e. The lowest BCUT2D eigenvalue weighted by molar-refractivity contribution is 0.0236. The molecule has 90 valence electrons. The van der Waals surface area contributed by atoms with Crippen LogP contribution in [0.2, 0.25) is 0 Å². The average molecular weight is 225 g/mol. The van der Waals surface area contributed by atoms with E-state index in [4.69, 9.17) is 4.74 Å². The number of nitrogens with one attached hydrogen (secondary N) is 1. The number of methoxy groups -OCH3 is 1. The van der Waals surface area contributed by atoms with Gasteiger partial charge in [-0.1, -0.05) is 0 Å². The van der Waals surface area contributed by atoms with E-state index in [1.807, 2.05) is 13.8 Å². The van der Waals surface area contributed by atoms with Crippen molar-refractivity contribution < 1.29 is 9.84 Å². The van der Waals surface area contributed by atoms with Gasteiger partial charge in [0.1, 0.15) is 0 Å². The van der Waals surface area contributed by atoms with E-state index in [-0.39, 0.29) is 0 Å². The molecule has 16 heavy (non-hydrogen) atoms. The highest BCUT2D eigenvalue weighted by Crippen LogP contribution is 2.24. The van der Waals surface area contributed by atoms with Crippen molar-refractivity contribution in [1.29, 1.82) is 0 Å². The zero-order chi connectivity index (χ0) is 12.4. The lowest BCUT2D eigenvalue weighted by Crippen LogP contribution is -2.51. The normalized spacial score (nSPS) is 12.4. The molecule has 5 heteroatoms. The predicted octanol–water partition coefficient (Wildman–Crippen LogP) is 1.45. The van der Waals surface area contributed by atoms with Crippen LogP contribution in [0.1, 0.15) is 27.7 Å². The van der Waals surface area contributed by atoms with Gasteiger partial charge in [-0.3, -0.25) is 0 Å². The van der Waals surface area contributed by atoms with Crippen LogP contribution in [0.3, 0.4) is 0 Å². The average Bonchev–Trinajstić information content (AvgIpc) is 2.15. The molecule has 0 aliphatic rings. The first-order chi connectivity index (χ1) is 7.26. The molecule has 0 radical (unpaired) electrons. The van der Waals surface area contributed by atoms with Gasteiger partial charge in [0.2, 0.25) is 11.8 Å². The summed E-state index contributed by atoms with van der Waals surface area (Å²) >= 11 is 0. The van der Waals surface area contributed by atoms with Crippen LogP contribution in [0.5, 0.6) is 5.88 Å². The number of hydrogen-bond donors (Lipinski definition) is 2. The second-order valence-electron chi connectivity index (χ2n) is 4.73. The summed E-state index contributed by atoms with van der Waals surface area (Å²) in [6.45, 7) is 7.24. The minimum atomic E-state index is -0.889. The number of anilines is 1. The van der Waals surface area contributed by atoms with Crippen LogP contribution in [0.4, 0.5) is 5.95 Å². The van der Waals surface area contributed by atoms with Crippen LogP contribution >= 0.6 is 0 Å². The van der Waals surface area contributed by atoms with Crippen molar-refractivity contribution in [3.63, 3.8) is 0 Å². The highest BCUT2D eigenvalue weighted by Gasteiger charge is 2.35. The minimum Gasteiger partial charge on any atom is -0.481 e. The Hall–Kier alpha value is -1.36. The van der Waals surface area contributed by atoms with Gasteiger partial charge in [0.15, 0.2) is 0 Å². The Kier molecular flexibility index (Phi) is 3.38. The van der Waals surface area contributed by atoms with Crippen molar-refractivity contribution in [2.24, 2.45) is 0 Å². The second-order valence-corrected chi connectivity index (χ2v) is 4.73. The van der Waals surface area contributed by atoms with E-state index in [9.17, 15) is 5.11 Å². The minimum absolute atomic E-state index is 0.437. The summed E-state index contributed by atoms with van der Waals surface area (Å²) < 4.78 is 5.00. The summed E-state index contributed by atoms with van der Waals surface area (Å²) in [4.78, 5) is 8.21. The largest absolute Gasteiger partial charge is 0.481 e. The fourth-order valence-electron chi connectivity index (χ4n) is 0.949. The molecule has 0 amide bonds. The Balaban J connectivity index is 2.88. The van der Waals surface area contributed by atoms with Gasteiger partial charge in [0.05, 0.1) is 18.2 Å². The first kappa shape index (κ1) is 12.7. The first-order valence-electron chi connectivity index (χ1n) is 5.14. The highest BCUT2D eigenvalue weighted by atomic mass is 16.5. The Morgan fingerprint density at radius 3 is 2.44 bits per heavy atom. The molecule has 2 N–H and O–H groups in total. The molecule has 0 bridgehead atoms. The number of nitrogens with zero attached hydrogens (tertiary/aromatic N) is 2. The molecule has 0 spiro atoms. The van der Waals surface area contributed by atoms with Crippen LogP contribution in [0.25, 0.3) is 0 Å². The maximum atomic E-state index is 9.98. The molecule has 0 saturated heterocycles. The topological polar surface area (TPSA) is 67.3 Å². The van der Waals surface area contributed by atoms with Crippen LogP contribution in [-0.4, -0.2) is 33.3 Å². The lowest BCUT2D eigenvalue weighted by Gasteiger charge is -2.37. The number of aliphatic hydroxyl groups is 1. The van der Waals surface area contributed by atoms with E-state index in [0.717, 1.165) is 0 Å². The Bertz CT molecular complexity index is 358. The standard InChI is InChI=1S/C11H19N3O2/c1-10(2,11(3,4)15)14-9-12-7-6-8(13-9)16-5/h6-7,15H,1-5H3,(H,12,13,14). The summed E-state index contributed by atoms with van der Waals surface area (Å²) in [6.07, 6.45) is 1.61. The van der Waals surface area contributed by atoms with Crippen molar-refractivity contribution >= 4 is 5.95 Å². The fourth-order valence-corrected chi connectivity index (χ4v) is 0.949. The molecule has 1 aromatic heterocycles. The quantitative estimate of drug-likeness (QED) is 0.811. The number of rotatable bonds is 4. The molecular formula is C11H19N3O2. The van der Waals surface area contributed by atoms with Crippen molar-refractivity contribution in [1.82, 2.24) is 9.97 Å². The van der Waals surface area contributed by atoms with E-state index in [1.165, 1.54) is 0 Å². The van der Waals surface area contributed by atoms with Crippen LogP contribution in [0, 0.1) is 0 Å². The van der Waals surface area contributed by atoms with E-state index < -0.39 is 11.1 Å². The van der Waals surface area contributed by atoms with Gasteiger partial charge in [0, 0.05) is 12.3 Å². The van der Waals surface area contributed by atoms with Gasteiger partial charge in [-0.25, -0.2) is 4.98 Å². The zero-order valence-corrected chi connectivity index (χ0v) is 10.4. The molecule has 0 saturated carbocycles. The number of ether oxygens (including phenoxy) is 1. The van der Waals surface area contributed by atoms with Crippen LogP contribution in [0.15, 0.2) is 12.3 Å². The molecule has 0 unspecified atom stereocenters. The third kappa shape index (κ3) is 2.82. The van der Waals surface area contributed by atoms with Crippen LogP contribution in [-0.2, 0) is 0 Å². The molecule has 0 aliphatic heterocycles. The Morgan fingerprint density at radius 1 is 1.31 bits per heavy atom. The van der Waals surface area contributed by atoms with Gasteiger partial charge < -0.3 is 15.2 Å². The summed E-state index contributed by atoms with van der Waals surface area (Å²) in [5.74, 6) is 0.926. The number of hydrogen-bond acceptors (Lipinski definition) is 5. The lowest BCUT2D eigenvalue weighted by atomic mass is 9.86. The molecule has 0 aliphatic carbocycles. The van der Waals surface area contributed by atoms with Crippen molar-refractivity contribution in [3.05, 3.63) is 12.3 Å². The van der Waals surface area contributed by atoms with Gasteiger partial charge >= 0.3 is 0 Å². The summed E-state index contributed by atoms with van der Waals surface area (Å²) in [7, 11) is 1.55. The molecule has 0 aromatic carbocycles. The fraction of sp³-hybridized carbons (Fsp3) is 0.636. The molecular weight excluding hydrogens is 206 g/mol. The monoisotopic (exact) mass is 225 g/mol. The molecule has 1 heterocycles. The molecule has 5 nitrogen and oxygen atoms in total. The molecule has 1 aromatic rings. The highest BCUT2D eigenvalue weighted by molar-refractivity contribution is 5.32. The van der Waals surface area contributed by atoms with E-state index in [0.29, 0.717) is 11.8 Å². The van der Waals surface area contributed by atoms with Crippen molar-refractivity contribution in [2.75, 3.05) is 12.4 Å². The van der Waals surface area contributed by atoms with E-state index in [2.05, 4.69) is 15.3 Å². The van der Waals surface area contributed by atoms with Gasteiger partial charge in [0.25, 0.3) is 0 Å². The zero-order valence-electron chi connectivity index (χ0n) is 10.4. The van der Waals surface area contributed by atoms with E-state index in [1.54, 1.807) is 33.2 Å². The predicted molar refractivity (Wildman–Crippen MR) is 62.6 cm³/mol. The SMILES string of the molecule is COc1ccnc(NC(C)(C)C(C)(C)O)n1. The van der Waals surface area contributed by atoms with Crippen LogP contribution < -0.4 is 10.1 Å². The molecule has 0 fully saturated rings. The maximum absolute atomic E-state index is 9.98. The first-order valence-corrected chi connectivity index (χ1v) is 5.14. The smallest absolute Gasteiger partial charge is 0.226 e. The van der Waals surface area contributed by atoms with Crippen molar-refractivity contribution in [2.45, 2.75) is 38.8 Å². The van der Waals surface area contributed by atoms with Gasteiger partial charge in [-0.05, 0) is 27.7 Å². The summed E-state index contributed by atoms with van der Waals surface area (Å²) in [6, 6.07) is 1.67. The van der Waals surface area contributed by atoms with Gasteiger partial charge in [-0.2, -0.15) is 4.98 Å². The summed E-state index contributed by atoms with van der Waals surface area (Å²) in [5, 5.41) is 13.1. The van der Waals surface area contributed by atoms with Crippen molar-refractivity contribution in [3.8, 4) is 5.88 Å². The van der Waals surface area contributed by atoms with Gasteiger partial charge in [-0.15, -0.1) is 0 Å². The number of aromatic nitrogens is 2. The Labute approximate surface area is 95.9 Å². The van der Waals surface area contributed by atoms with E-state index >= 15 is 0 Å². The third-order valence-corrected chi connectivity index (χ3v) is 2.79. The molecule has 1 rings (SSSR count). The second kappa shape index (κ2) is 4.25. The summed E-state index contributed by atoms with van der Waals surface area (Å²) in [5.41, 5.74) is -1.43.